The molecule has 1 atom stereocenters. The summed E-state index contributed by atoms with van der Waals surface area (Å²) in [6, 6.07) is 8.18. The van der Waals surface area contributed by atoms with E-state index >= 15 is 0 Å². The topological polar surface area (TPSA) is 78.4 Å². The first-order valence-electron chi connectivity index (χ1n) is 13.5. The molecule has 0 fully saturated rings. The van der Waals surface area contributed by atoms with Gasteiger partial charge in [0.25, 0.3) is 0 Å². The first-order chi connectivity index (χ1) is 17.5. The fourth-order valence-corrected chi connectivity index (χ4v) is 3.84. The Morgan fingerprint density at radius 3 is 2.31 bits per heavy atom. The molecule has 0 saturated heterocycles. The molecule has 0 saturated carbocycles. The summed E-state index contributed by atoms with van der Waals surface area (Å²) in [6.45, 7) is 5.97. The minimum Gasteiger partial charge on any atom is -0.463 e. The van der Waals surface area contributed by atoms with Gasteiger partial charge in [0.05, 0.1) is 18.5 Å². The summed E-state index contributed by atoms with van der Waals surface area (Å²) >= 11 is 0. The predicted molar refractivity (Wildman–Crippen MR) is 144 cm³/mol. The van der Waals surface area contributed by atoms with E-state index in [2.05, 4.69) is 29.0 Å². The van der Waals surface area contributed by atoms with E-state index in [9.17, 15) is 9.59 Å². The highest BCUT2D eigenvalue weighted by atomic mass is 16.5. The molecule has 6 heteroatoms. The van der Waals surface area contributed by atoms with Crippen LogP contribution in [0, 0.1) is 0 Å². The maximum Gasteiger partial charge on any atom is 0.335 e. The van der Waals surface area contributed by atoms with Crippen molar-refractivity contribution in [1.29, 1.82) is 0 Å². The van der Waals surface area contributed by atoms with Gasteiger partial charge in [0.15, 0.2) is 11.6 Å². The Hall–Kier alpha value is -3.02. The number of esters is 2. The molecule has 0 aliphatic rings. The number of allylic oxidation sites excluding steroid dienone is 1. The van der Waals surface area contributed by atoms with Crippen LogP contribution in [-0.2, 0) is 20.7 Å². The van der Waals surface area contributed by atoms with Crippen LogP contribution in [0.25, 0.3) is 11.4 Å². The molecular formula is C30H42N2O4. The second-order valence-electron chi connectivity index (χ2n) is 9.22. The van der Waals surface area contributed by atoms with Gasteiger partial charge in [0.2, 0.25) is 0 Å². The number of nitrogens with zero attached hydrogens (tertiary/aromatic N) is 2. The van der Waals surface area contributed by atoms with Crippen molar-refractivity contribution >= 4 is 11.9 Å². The molecule has 0 aliphatic heterocycles. The molecular weight excluding hydrogens is 452 g/mol. The van der Waals surface area contributed by atoms with Gasteiger partial charge in [-0.2, -0.15) is 0 Å². The van der Waals surface area contributed by atoms with Gasteiger partial charge in [-0.25, -0.2) is 14.8 Å². The maximum atomic E-state index is 12.0. The molecule has 1 aromatic carbocycles. The summed E-state index contributed by atoms with van der Waals surface area (Å²) in [4.78, 5) is 32.0. The zero-order valence-electron chi connectivity index (χ0n) is 22.2. The summed E-state index contributed by atoms with van der Waals surface area (Å²) in [7, 11) is 0. The van der Waals surface area contributed by atoms with Gasteiger partial charge in [-0.05, 0) is 51.0 Å². The highest BCUT2D eigenvalue weighted by Gasteiger charge is 2.08. The number of unbranched alkanes of at least 4 members (excludes halogenated alkanes) is 7. The minimum absolute atomic E-state index is 0.0275. The predicted octanol–water partition coefficient (Wildman–Crippen LogP) is 7.41. The third-order valence-corrected chi connectivity index (χ3v) is 5.98. The number of aryl methyl sites for hydroxylation is 1. The monoisotopic (exact) mass is 494 g/mol. The molecule has 0 N–H and O–H groups in total. The normalized spacial score (nSPS) is 12.0. The van der Waals surface area contributed by atoms with Crippen molar-refractivity contribution in [1.82, 2.24) is 9.97 Å². The van der Waals surface area contributed by atoms with Gasteiger partial charge in [-0.1, -0.05) is 76.3 Å². The van der Waals surface area contributed by atoms with E-state index in [-0.39, 0.29) is 12.1 Å². The Balaban J connectivity index is 1.70. The molecule has 2 aromatic rings. The van der Waals surface area contributed by atoms with Gasteiger partial charge >= 0.3 is 11.9 Å². The van der Waals surface area contributed by atoms with Crippen LogP contribution in [-0.4, -0.2) is 28.0 Å². The van der Waals surface area contributed by atoms with Crippen molar-refractivity contribution in [3.8, 4) is 17.1 Å². The SMILES string of the molecule is CCCCCCCCC=CC(=O)Oc1cnc(-c2ccc(CCCCC(C)OC(=O)CC)cc2)nc1. The Bertz CT molecular complexity index is 923. The average molecular weight is 495 g/mol. The zero-order chi connectivity index (χ0) is 26.0. The van der Waals surface area contributed by atoms with Crippen molar-refractivity contribution in [3.05, 3.63) is 54.4 Å². The van der Waals surface area contributed by atoms with Crippen molar-refractivity contribution < 1.29 is 19.1 Å². The summed E-state index contributed by atoms with van der Waals surface area (Å²) in [5, 5.41) is 0. The first-order valence-corrected chi connectivity index (χ1v) is 13.5. The van der Waals surface area contributed by atoms with Crippen LogP contribution in [0.2, 0.25) is 0 Å². The van der Waals surface area contributed by atoms with E-state index in [0.29, 0.717) is 18.0 Å². The van der Waals surface area contributed by atoms with Gasteiger partial charge in [-0.3, -0.25) is 4.79 Å². The molecule has 1 aromatic heterocycles. The lowest BCUT2D eigenvalue weighted by Gasteiger charge is -2.12. The highest BCUT2D eigenvalue weighted by molar-refractivity contribution is 5.83. The van der Waals surface area contributed by atoms with Crippen LogP contribution in [0.1, 0.15) is 97.0 Å². The summed E-state index contributed by atoms with van der Waals surface area (Å²) in [5.74, 6) is 0.386. The standard InChI is InChI=1S/C30H42N2O4/c1-4-6-7-8-9-10-11-12-17-29(34)36-27-22-31-30(32-23-27)26-20-18-25(19-21-26)16-14-13-15-24(3)35-28(33)5-2/h12,17-24H,4-11,13-16H2,1-3H3. The quantitative estimate of drug-likeness (QED) is 0.129. The second kappa shape index (κ2) is 17.4. The molecule has 2 rings (SSSR count). The molecule has 36 heavy (non-hydrogen) atoms. The molecule has 0 amide bonds. The fourth-order valence-electron chi connectivity index (χ4n) is 3.84. The van der Waals surface area contributed by atoms with Crippen molar-refractivity contribution in [2.45, 2.75) is 104 Å². The van der Waals surface area contributed by atoms with Crippen LogP contribution >= 0.6 is 0 Å². The molecule has 0 bridgehead atoms. The van der Waals surface area contributed by atoms with Gasteiger partial charge < -0.3 is 9.47 Å². The summed E-state index contributed by atoms with van der Waals surface area (Å²) < 4.78 is 10.6. The smallest absolute Gasteiger partial charge is 0.335 e. The van der Waals surface area contributed by atoms with E-state index < -0.39 is 5.97 Å². The van der Waals surface area contributed by atoms with Crippen LogP contribution in [0.5, 0.6) is 5.75 Å². The second-order valence-corrected chi connectivity index (χ2v) is 9.22. The van der Waals surface area contributed by atoms with E-state index in [1.54, 1.807) is 0 Å². The molecule has 1 heterocycles. The van der Waals surface area contributed by atoms with Crippen LogP contribution in [0.15, 0.2) is 48.8 Å². The van der Waals surface area contributed by atoms with Crippen LogP contribution < -0.4 is 4.74 Å². The minimum atomic E-state index is -0.403. The highest BCUT2D eigenvalue weighted by Crippen LogP contribution is 2.19. The van der Waals surface area contributed by atoms with Crippen molar-refractivity contribution in [2.24, 2.45) is 0 Å². The molecule has 196 valence electrons. The maximum absolute atomic E-state index is 12.0. The number of carbonyl (C=O) groups is 2. The fraction of sp³-hybridized carbons (Fsp3) is 0.533. The number of hydrogen-bond donors (Lipinski definition) is 0. The van der Waals surface area contributed by atoms with Gasteiger partial charge in [-0.15, -0.1) is 0 Å². The Kier molecular flexibility index (Phi) is 14.1. The van der Waals surface area contributed by atoms with Crippen LogP contribution in [0.4, 0.5) is 0 Å². The lowest BCUT2D eigenvalue weighted by Crippen LogP contribution is -2.13. The average Bonchev–Trinajstić information content (AvgIpc) is 2.89. The molecule has 0 radical (unpaired) electrons. The van der Waals surface area contributed by atoms with E-state index in [4.69, 9.17) is 9.47 Å². The lowest BCUT2D eigenvalue weighted by atomic mass is 10.0. The number of hydrogen-bond acceptors (Lipinski definition) is 6. The number of carbonyl (C=O) groups excluding carboxylic acids is 2. The lowest BCUT2D eigenvalue weighted by molar-refractivity contribution is -0.148. The molecule has 0 aliphatic carbocycles. The number of aromatic nitrogens is 2. The molecule has 6 nitrogen and oxygen atoms in total. The van der Waals surface area contributed by atoms with Gasteiger partial charge in [0, 0.05) is 18.1 Å². The zero-order valence-corrected chi connectivity index (χ0v) is 22.2. The summed E-state index contributed by atoms with van der Waals surface area (Å²) in [5.41, 5.74) is 2.16. The molecule has 0 spiro atoms. The molecule has 1 unspecified atom stereocenters. The van der Waals surface area contributed by atoms with Gasteiger partial charge in [0.1, 0.15) is 0 Å². The van der Waals surface area contributed by atoms with E-state index in [1.165, 1.54) is 56.1 Å². The van der Waals surface area contributed by atoms with Crippen LogP contribution in [0.3, 0.4) is 0 Å². The third kappa shape index (κ3) is 12.1. The van der Waals surface area contributed by atoms with E-state index in [0.717, 1.165) is 44.1 Å². The third-order valence-electron chi connectivity index (χ3n) is 5.98. The Morgan fingerprint density at radius 1 is 0.917 bits per heavy atom. The number of benzene rings is 1. The number of rotatable bonds is 17. The summed E-state index contributed by atoms with van der Waals surface area (Å²) in [6.07, 6.45) is 19.0. The largest absolute Gasteiger partial charge is 0.463 e. The van der Waals surface area contributed by atoms with E-state index in [1.807, 2.05) is 32.1 Å². The number of ether oxygens (including phenoxy) is 2. The van der Waals surface area contributed by atoms with Crippen molar-refractivity contribution in [2.75, 3.05) is 0 Å². The Morgan fingerprint density at radius 2 is 1.61 bits per heavy atom. The first kappa shape index (κ1) is 29.2. The Labute approximate surface area is 216 Å². The van der Waals surface area contributed by atoms with Crippen molar-refractivity contribution in [3.63, 3.8) is 0 Å².